The second-order valence-electron chi connectivity index (χ2n) is 7.10. The maximum absolute atomic E-state index is 5.83. The summed E-state index contributed by atoms with van der Waals surface area (Å²) in [6.07, 6.45) is 5.66. The Labute approximate surface area is 120 Å². The summed E-state index contributed by atoms with van der Waals surface area (Å²) in [6.45, 7) is 12.7. The maximum Gasteiger partial charge on any atom is 0.0749 e. The van der Waals surface area contributed by atoms with Crippen molar-refractivity contribution in [2.45, 2.75) is 72.4 Å². The molecule has 0 bridgehead atoms. The minimum absolute atomic E-state index is 0.342. The molecule has 1 rings (SSSR count). The quantitative estimate of drug-likeness (QED) is 0.751. The van der Waals surface area contributed by atoms with Crippen LogP contribution in [0.1, 0.15) is 60.3 Å². The van der Waals surface area contributed by atoms with Gasteiger partial charge in [0, 0.05) is 13.2 Å². The predicted molar refractivity (Wildman–Crippen MR) is 83.4 cm³/mol. The molecule has 0 aliphatic heterocycles. The van der Waals surface area contributed by atoms with E-state index in [1.165, 1.54) is 25.7 Å². The van der Waals surface area contributed by atoms with Crippen LogP contribution in [0.15, 0.2) is 0 Å². The molecule has 4 unspecified atom stereocenters. The molecule has 19 heavy (non-hydrogen) atoms. The number of nitrogens with one attached hydrogen (secondary N) is 1. The highest BCUT2D eigenvalue weighted by molar-refractivity contribution is 4.90. The lowest BCUT2D eigenvalue weighted by Gasteiger charge is -2.41. The second kappa shape index (κ2) is 8.26. The average molecular weight is 269 g/mol. The molecule has 0 amide bonds. The van der Waals surface area contributed by atoms with E-state index in [1.54, 1.807) is 0 Å². The Morgan fingerprint density at radius 1 is 1.11 bits per heavy atom. The number of rotatable bonds is 7. The summed E-state index contributed by atoms with van der Waals surface area (Å²) in [5.41, 5.74) is 0. The molecule has 2 nitrogen and oxygen atoms in total. The number of ether oxygens (including phenoxy) is 1. The van der Waals surface area contributed by atoms with Gasteiger partial charge in [-0.1, -0.05) is 34.6 Å². The SMILES string of the molecule is CCCNC(C1CC(C)CC(C)C1)C(OC)C(C)C. The molecule has 1 aliphatic carbocycles. The lowest BCUT2D eigenvalue weighted by atomic mass is 9.71. The van der Waals surface area contributed by atoms with Crippen molar-refractivity contribution in [3.63, 3.8) is 0 Å². The zero-order valence-electron chi connectivity index (χ0n) is 13.9. The van der Waals surface area contributed by atoms with Crippen LogP contribution in [-0.4, -0.2) is 25.8 Å². The molecule has 1 fully saturated rings. The molecule has 0 heterocycles. The van der Waals surface area contributed by atoms with Crippen molar-refractivity contribution >= 4 is 0 Å². The first-order valence-corrected chi connectivity index (χ1v) is 8.25. The third-order valence-corrected chi connectivity index (χ3v) is 4.64. The van der Waals surface area contributed by atoms with Gasteiger partial charge in [-0.3, -0.25) is 0 Å². The molecule has 0 aromatic carbocycles. The summed E-state index contributed by atoms with van der Waals surface area (Å²) in [5, 5.41) is 3.79. The topological polar surface area (TPSA) is 21.3 Å². The van der Waals surface area contributed by atoms with E-state index in [4.69, 9.17) is 4.74 Å². The summed E-state index contributed by atoms with van der Waals surface area (Å²) in [7, 11) is 1.88. The predicted octanol–water partition coefficient (Wildman–Crippen LogP) is 4.10. The molecular formula is C17H35NO. The molecule has 0 radical (unpaired) electrons. The molecule has 1 saturated carbocycles. The highest BCUT2D eigenvalue weighted by atomic mass is 16.5. The van der Waals surface area contributed by atoms with Crippen molar-refractivity contribution in [3.05, 3.63) is 0 Å². The smallest absolute Gasteiger partial charge is 0.0749 e. The normalized spacial score (nSPS) is 31.4. The first-order chi connectivity index (χ1) is 8.99. The van der Waals surface area contributed by atoms with Gasteiger partial charge in [-0.25, -0.2) is 0 Å². The molecular weight excluding hydrogens is 234 g/mol. The van der Waals surface area contributed by atoms with E-state index in [2.05, 4.69) is 39.9 Å². The zero-order valence-corrected chi connectivity index (χ0v) is 13.9. The van der Waals surface area contributed by atoms with Gasteiger partial charge < -0.3 is 10.1 Å². The Morgan fingerprint density at radius 2 is 1.68 bits per heavy atom. The summed E-state index contributed by atoms with van der Waals surface area (Å²) in [5.74, 6) is 3.08. The standard InChI is InChI=1S/C17H35NO/c1-7-8-18-16(17(19-6)12(2)3)15-10-13(4)9-14(5)11-15/h12-18H,7-11H2,1-6H3. The largest absolute Gasteiger partial charge is 0.380 e. The fourth-order valence-corrected chi connectivity index (χ4v) is 4.00. The van der Waals surface area contributed by atoms with E-state index in [0.717, 1.165) is 24.3 Å². The molecule has 2 heteroatoms. The Bertz CT molecular complexity index is 231. The zero-order chi connectivity index (χ0) is 14.4. The molecule has 0 aromatic rings. The Kier molecular flexibility index (Phi) is 7.38. The third-order valence-electron chi connectivity index (χ3n) is 4.64. The second-order valence-corrected chi connectivity index (χ2v) is 7.10. The summed E-state index contributed by atoms with van der Waals surface area (Å²) in [6, 6.07) is 0.523. The van der Waals surface area contributed by atoms with Gasteiger partial charge >= 0.3 is 0 Å². The van der Waals surface area contributed by atoms with Crippen LogP contribution < -0.4 is 5.32 Å². The molecule has 1 N–H and O–H groups in total. The van der Waals surface area contributed by atoms with Crippen molar-refractivity contribution in [1.29, 1.82) is 0 Å². The Morgan fingerprint density at radius 3 is 2.11 bits per heavy atom. The van der Waals surface area contributed by atoms with Crippen molar-refractivity contribution in [1.82, 2.24) is 5.32 Å². The third kappa shape index (κ3) is 5.07. The van der Waals surface area contributed by atoms with Crippen LogP contribution in [-0.2, 0) is 4.74 Å². The van der Waals surface area contributed by atoms with E-state index in [0.29, 0.717) is 18.1 Å². The minimum atomic E-state index is 0.342. The van der Waals surface area contributed by atoms with Crippen LogP contribution in [0.4, 0.5) is 0 Å². The monoisotopic (exact) mass is 269 g/mol. The molecule has 114 valence electrons. The van der Waals surface area contributed by atoms with Crippen molar-refractivity contribution in [2.24, 2.45) is 23.7 Å². The lowest BCUT2D eigenvalue weighted by Crippen LogP contribution is -2.50. The van der Waals surface area contributed by atoms with Crippen LogP contribution >= 0.6 is 0 Å². The molecule has 1 aliphatic rings. The molecule has 4 atom stereocenters. The van der Waals surface area contributed by atoms with Crippen molar-refractivity contribution < 1.29 is 4.74 Å². The highest BCUT2D eigenvalue weighted by Crippen LogP contribution is 2.36. The van der Waals surface area contributed by atoms with Gasteiger partial charge in [-0.2, -0.15) is 0 Å². The number of hydrogen-bond acceptors (Lipinski definition) is 2. The fraction of sp³-hybridized carbons (Fsp3) is 1.00. The molecule has 0 saturated heterocycles. The fourth-order valence-electron chi connectivity index (χ4n) is 4.00. The van der Waals surface area contributed by atoms with Crippen LogP contribution in [0, 0.1) is 23.7 Å². The van der Waals surface area contributed by atoms with E-state index in [1.807, 2.05) is 7.11 Å². The van der Waals surface area contributed by atoms with Crippen molar-refractivity contribution in [2.75, 3.05) is 13.7 Å². The van der Waals surface area contributed by atoms with Gasteiger partial charge in [0.15, 0.2) is 0 Å². The van der Waals surface area contributed by atoms with E-state index >= 15 is 0 Å². The average Bonchev–Trinajstić information content (AvgIpc) is 2.32. The van der Waals surface area contributed by atoms with E-state index < -0.39 is 0 Å². The lowest BCUT2D eigenvalue weighted by molar-refractivity contribution is 0.000252. The van der Waals surface area contributed by atoms with Crippen molar-refractivity contribution in [3.8, 4) is 0 Å². The van der Waals surface area contributed by atoms with E-state index in [9.17, 15) is 0 Å². The van der Waals surface area contributed by atoms with Crippen LogP contribution in [0.2, 0.25) is 0 Å². The summed E-state index contributed by atoms with van der Waals surface area (Å²) < 4.78 is 5.83. The van der Waals surface area contributed by atoms with E-state index in [-0.39, 0.29) is 0 Å². The molecule has 0 spiro atoms. The minimum Gasteiger partial charge on any atom is -0.380 e. The van der Waals surface area contributed by atoms with Gasteiger partial charge in [0.1, 0.15) is 0 Å². The highest BCUT2D eigenvalue weighted by Gasteiger charge is 2.35. The number of hydrogen-bond donors (Lipinski definition) is 1. The van der Waals surface area contributed by atoms with Gasteiger partial charge in [0.25, 0.3) is 0 Å². The molecule has 0 aromatic heterocycles. The maximum atomic E-state index is 5.83. The van der Waals surface area contributed by atoms with Crippen LogP contribution in [0.3, 0.4) is 0 Å². The van der Waals surface area contributed by atoms with Gasteiger partial charge in [-0.05, 0) is 55.9 Å². The Hall–Kier alpha value is -0.0800. The first-order valence-electron chi connectivity index (χ1n) is 8.25. The van der Waals surface area contributed by atoms with Crippen LogP contribution in [0.25, 0.3) is 0 Å². The number of methoxy groups -OCH3 is 1. The first kappa shape index (κ1) is 17.0. The summed E-state index contributed by atoms with van der Waals surface area (Å²) in [4.78, 5) is 0. The van der Waals surface area contributed by atoms with Gasteiger partial charge in [0.05, 0.1) is 6.10 Å². The summed E-state index contributed by atoms with van der Waals surface area (Å²) >= 11 is 0. The van der Waals surface area contributed by atoms with Gasteiger partial charge in [-0.15, -0.1) is 0 Å². The van der Waals surface area contributed by atoms with Gasteiger partial charge in [0.2, 0.25) is 0 Å². The van der Waals surface area contributed by atoms with Crippen LogP contribution in [0.5, 0.6) is 0 Å². The Balaban J connectivity index is 2.76.